The topological polar surface area (TPSA) is 81.4 Å². The molecule has 0 saturated carbocycles. The van der Waals surface area contributed by atoms with E-state index in [-0.39, 0.29) is 12.4 Å². The molecular weight excluding hydrogens is 240 g/mol. The van der Waals surface area contributed by atoms with Crippen molar-refractivity contribution in [1.29, 1.82) is 0 Å². The van der Waals surface area contributed by atoms with Gasteiger partial charge in [-0.15, -0.1) is 0 Å². The average Bonchev–Trinajstić information content (AvgIpc) is 2.26. The maximum atomic E-state index is 11.6. The molecule has 1 aromatic carbocycles. The van der Waals surface area contributed by atoms with Crippen LogP contribution in [0, 0.1) is 0 Å². The van der Waals surface area contributed by atoms with Crippen LogP contribution in [0.5, 0.6) is 0 Å². The van der Waals surface area contributed by atoms with Crippen LogP contribution in [0.2, 0.25) is 0 Å². The van der Waals surface area contributed by atoms with Crippen molar-refractivity contribution in [3.05, 3.63) is 23.8 Å². The van der Waals surface area contributed by atoms with Crippen LogP contribution in [0.25, 0.3) is 0 Å². The van der Waals surface area contributed by atoms with Gasteiger partial charge in [-0.2, -0.15) is 0 Å². The Hall–Kier alpha value is -1.27. The number of hydrogen-bond acceptors (Lipinski definition) is 4. The van der Waals surface area contributed by atoms with Crippen molar-refractivity contribution in [2.45, 2.75) is 13.3 Å². The van der Waals surface area contributed by atoms with E-state index in [1.54, 1.807) is 12.1 Å². The van der Waals surface area contributed by atoms with Gasteiger partial charge in [0.2, 0.25) is 10.0 Å². The number of rotatable bonds is 6. The standard InChI is InChI=1S/C11H18N2O3S/c1-3-9-4-5-10(8-11(9)12)13-17(14,15)7-6-16-2/h4-5,8,13H,3,6-7,12H2,1-2H3. The lowest BCUT2D eigenvalue weighted by atomic mass is 10.1. The van der Waals surface area contributed by atoms with Gasteiger partial charge in [-0.1, -0.05) is 13.0 Å². The number of ether oxygens (including phenoxy) is 1. The second kappa shape index (κ2) is 5.88. The van der Waals surface area contributed by atoms with E-state index in [2.05, 4.69) is 4.72 Å². The van der Waals surface area contributed by atoms with Crippen molar-refractivity contribution in [2.75, 3.05) is 29.9 Å². The van der Waals surface area contributed by atoms with Gasteiger partial charge in [0, 0.05) is 12.8 Å². The molecule has 0 aliphatic carbocycles. The summed E-state index contributed by atoms with van der Waals surface area (Å²) in [6.07, 6.45) is 0.822. The third kappa shape index (κ3) is 4.24. The predicted molar refractivity (Wildman–Crippen MR) is 69.5 cm³/mol. The molecule has 0 atom stereocenters. The lowest BCUT2D eigenvalue weighted by Gasteiger charge is -2.10. The molecular formula is C11H18N2O3S. The minimum atomic E-state index is -3.36. The summed E-state index contributed by atoms with van der Waals surface area (Å²) in [6.45, 7) is 2.16. The molecule has 0 radical (unpaired) electrons. The van der Waals surface area contributed by atoms with Crippen LogP contribution in [0.15, 0.2) is 18.2 Å². The third-order valence-electron chi connectivity index (χ3n) is 2.36. The first-order valence-corrected chi connectivity index (χ1v) is 7.01. The van der Waals surface area contributed by atoms with E-state index in [4.69, 9.17) is 10.5 Å². The monoisotopic (exact) mass is 258 g/mol. The van der Waals surface area contributed by atoms with E-state index in [1.165, 1.54) is 7.11 Å². The van der Waals surface area contributed by atoms with E-state index in [0.717, 1.165) is 12.0 Å². The highest BCUT2D eigenvalue weighted by molar-refractivity contribution is 7.92. The number of nitrogen functional groups attached to an aromatic ring is 1. The largest absolute Gasteiger partial charge is 0.398 e. The summed E-state index contributed by atoms with van der Waals surface area (Å²) in [5, 5.41) is 0. The van der Waals surface area contributed by atoms with E-state index in [1.807, 2.05) is 13.0 Å². The van der Waals surface area contributed by atoms with Gasteiger partial charge in [0.25, 0.3) is 0 Å². The Balaban J connectivity index is 2.78. The minimum absolute atomic E-state index is 0.0705. The highest BCUT2D eigenvalue weighted by Crippen LogP contribution is 2.19. The molecule has 0 amide bonds. The van der Waals surface area contributed by atoms with Crippen LogP contribution < -0.4 is 10.5 Å². The molecule has 3 N–H and O–H groups in total. The second-order valence-electron chi connectivity index (χ2n) is 3.68. The molecule has 0 aliphatic heterocycles. The van der Waals surface area contributed by atoms with Crippen LogP contribution in [0.4, 0.5) is 11.4 Å². The highest BCUT2D eigenvalue weighted by Gasteiger charge is 2.10. The smallest absolute Gasteiger partial charge is 0.235 e. The van der Waals surface area contributed by atoms with E-state index in [0.29, 0.717) is 11.4 Å². The zero-order valence-corrected chi connectivity index (χ0v) is 10.9. The van der Waals surface area contributed by atoms with Crippen molar-refractivity contribution in [3.8, 4) is 0 Å². The summed E-state index contributed by atoms with van der Waals surface area (Å²) in [4.78, 5) is 0. The lowest BCUT2D eigenvalue weighted by molar-refractivity contribution is 0.217. The average molecular weight is 258 g/mol. The fraction of sp³-hybridized carbons (Fsp3) is 0.455. The molecule has 0 fully saturated rings. The van der Waals surface area contributed by atoms with Crippen molar-refractivity contribution >= 4 is 21.4 Å². The van der Waals surface area contributed by atoms with Crippen LogP contribution >= 0.6 is 0 Å². The molecule has 6 heteroatoms. The molecule has 0 heterocycles. The van der Waals surface area contributed by atoms with E-state index < -0.39 is 10.0 Å². The number of methoxy groups -OCH3 is 1. The molecule has 0 spiro atoms. The first kappa shape index (κ1) is 13.8. The predicted octanol–water partition coefficient (Wildman–Crippen LogP) is 1.22. The number of hydrogen-bond donors (Lipinski definition) is 2. The van der Waals surface area contributed by atoms with Crippen molar-refractivity contribution in [2.24, 2.45) is 0 Å². The zero-order valence-electron chi connectivity index (χ0n) is 10.1. The molecule has 0 aromatic heterocycles. The second-order valence-corrected chi connectivity index (χ2v) is 5.52. The molecule has 17 heavy (non-hydrogen) atoms. The summed E-state index contributed by atoms with van der Waals surface area (Å²) in [7, 11) is -1.90. The van der Waals surface area contributed by atoms with Crippen LogP contribution in [-0.4, -0.2) is 27.9 Å². The van der Waals surface area contributed by atoms with Crippen LogP contribution in [0.3, 0.4) is 0 Å². The lowest BCUT2D eigenvalue weighted by Crippen LogP contribution is -2.19. The summed E-state index contributed by atoms with van der Waals surface area (Å²) in [5.41, 5.74) is 7.87. The Morgan fingerprint density at radius 3 is 2.65 bits per heavy atom. The van der Waals surface area contributed by atoms with Gasteiger partial charge in [-0.25, -0.2) is 8.42 Å². The Morgan fingerprint density at radius 2 is 2.12 bits per heavy atom. The van der Waals surface area contributed by atoms with Gasteiger partial charge in [0.15, 0.2) is 0 Å². The Morgan fingerprint density at radius 1 is 1.41 bits per heavy atom. The number of benzene rings is 1. The summed E-state index contributed by atoms with van der Waals surface area (Å²) >= 11 is 0. The van der Waals surface area contributed by atoms with Gasteiger partial charge < -0.3 is 10.5 Å². The Labute approximate surface area is 102 Å². The third-order valence-corrected chi connectivity index (χ3v) is 3.61. The van der Waals surface area contributed by atoms with Gasteiger partial charge in [0.05, 0.1) is 18.0 Å². The van der Waals surface area contributed by atoms with Crippen molar-refractivity contribution in [3.63, 3.8) is 0 Å². The number of aryl methyl sites for hydroxylation is 1. The normalized spacial score (nSPS) is 11.4. The Kier molecular flexibility index (Phi) is 4.77. The Bertz CT molecular complexity index is 472. The van der Waals surface area contributed by atoms with E-state index in [9.17, 15) is 8.42 Å². The van der Waals surface area contributed by atoms with Gasteiger partial charge in [-0.3, -0.25) is 4.72 Å². The van der Waals surface area contributed by atoms with Gasteiger partial charge >= 0.3 is 0 Å². The molecule has 1 rings (SSSR count). The molecule has 96 valence electrons. The summed E-state index contributed by atoms with van der Waals surface area (Å²) < 4.78 is 30.4. The molecule has 5 nitrogen and oxygen atoms in total. The van der Waals surface area contributed by atoms with Gasteiger partial charge in [0.1, 0.15) is 0 Å². The fourth-order valence-corrected chi connectivity index (χ4v) is 2.38. The van der Waals surface area contributed by atoms with Crippen molar-refractivity contribution in [1.82, 2.24) is 0 Å². The number of nitrogens with two attached hydrogens (primary N) is 1. The maximum Gasteiger partial charge on any atom is 0.235 e. The SMILES string of the molecule is CCc1ccc(NS(=O)(=O)CCOC)cc1N. The molecule has 0 aliphatic rings. The summed E-state index contributed by atoms with van der Waals surface area (Å²) in [6, 6.07) is 5.16. The first-order valence-electron chi connectivity index (χ1n) is 5.36. The van der Waals surface area contributed by atoms with Crippen LogP contribution in [-0.2, 0) is 21.2 Å². The quantitative estimate of drug-likeness (QED) is 0.752. The first-order chi connectivity index (χ1) is 7.98. The maximum absolute atomic E-state index is 11.6. The molecule has 0 saturated heterocycles. The fourth-order valence-electron chi connectivity index (χ4n) is 1.40. The molecule has 0 bridgehead atoms. The summed E-state index contributed by atoms with van der Waals surface area (Å²) in [5.74, 6) is -0.0705. The zero-order chi connectivity index (χ0) is 12.9. The highest BCUT2D eigenvalue weighted by atomic mass is 32.2. The number of anilines is 2. The number of nitrogens with one attached hydrogen (secondary N) is 1. The molecule has 1 aromatic rings. The van der Waals surface area contributed by atoms with Crippen LogP contribution in [0.1, 0.15) is 12.5 Å². The minimum Gasteiger partial charge on any atom is -0.398 e. The van der Waals surface area contributed by atoms with E-state index >= 15 is 0 Å². The van der Waals surface area contributed by atoms with Crippen molar-refractivity contribution < 1.29 is 13.2 Å². The van der Waals surface area contributed by atoms with Gasteiger partial charge in [-0.05, 0) is 24.1 Å². The molecule has 0 unspecified atom stereocenters. The number of sulfonamides is 1.